The van der Waals surface area contributed by atoms with Crippen molar-refractivity contribution in [1.82, 2.24) is 10.2 Å². The summed E-state index contributed by atoms with van der Waals surface area (Å²) in [7, 11) is 0. The van der Waals surface area contributed by atoms with Gasteiger partial charge < -0.3 is 16.0 Å². The van der Waals surface area contributed by atoms with Crippen molar-refractivity contribution >= 4 is 23.9 Å². The number of hydrogen-bond acceptors (Lipinski definition) is 3. The van der Waals surface area contributed by atoms with Crippen molar-refractivity contribution < 1.29 is 14.0 Å². The molecule has 7 heteroatoms. The summed E-state index contributed by atoms with van der Waals surface area (Å²) in [5.74, 6) is -0.540. The Morgan fingerprint density at radius 3 is 2.68 bits per heavy atom. The molecule has 0 spiro atoms. The van der Waals surface area contributed by atoms with Gasteiger partial charge in [0.25, 0.3) is 0 Å². The summed E-state index contributed by atoms with van der Waals surface area (Å²) in [6, 6.07) is 3.66. The number of benzene rings is 1. The highest BCUT2D eigenvalue weighted by molar-refractivity contribution is 6.31. The zero-order chi connectivity index (χ0) is 18.6. The monoisotopic (exact) mass is 369 g/mol. The number of nitrogens with zero attached hydrogens (tertiary/aromatic N) is 1. The van der Waals surface area contributed by atoms with Crippen LogP contribution >= 0.6 is 11.6 Å². The molecule has 5 nitrogen and oxygen atoms in total. The Hall–Kier alpha value is -1.66. The Morgan fingerprint density at radius 2 is 2.12 bits per heavy atom. The van der Waals surface area contributed by atoms with E-state index in [0.717, 1.165) is 24.8 Å². The lowest BCUT2D eigenvalue weighted by molar-refractivity contribution is -0.124. The Bertz CT molecular complexity index is 631. The molecule has 1 aliphatic rings. The molecule has 1 unspecified atom stereocenters. The average Bonchev–Trinajstić information content (AvgIpc) is 2.58. The van der Waals surface area contributed by atoms with Crippen LogP contribution in [0.3, 0.4) is 0 Å². The first-order chi connectivity index (χ1) is 11.7. The predicted octanol–water partition coefficient (Wildman–Crippen LogP) is 2.07. The zero-order valence-electron chi connectivity index (χ0n) is 14.6. The molecule has 0 aliphatic carbocycles. The summed E-state index contributed by atoms with van der Waals surface area (Å²) < 4.78 is 13.2. The summed E-state index contributed by atoms with van der Waals surface area (Å²) >= 11 is 6.13. The smallest absolute Gasteiger partial charge is 0.237 e. The second kappa shape index (κ2) is 8.15. The minimum Gasteiger partial charge on any atom is -0.354 e. The van der Waals surface area contributed by atoms with E-state index in [4.69, 9.17) is 17.3 Å². The van der Waals surface area contributed by atoms with Crippen LogP contribution in [0.25, 0.3) is 0 Å². The van der Waals surface area contributed by atoms with E-state index in [0.29, 0.717) is 24.7 Å². The van der Waals surface area contributed by atoms with Crippen LogP contribution in [0.2, 0.25) is 5.02 Å². The SMILES string of the molecule is CC(C)(CNC(=O)C(N)C1CCN(C=O)CC1)c1ccc(F)cc1Cl. The first-order valence-electron chi connectivity index (χ1n) is 8.43. The summed E-state index contributed by atoms with van der Waals surface area (Å²) in [5, 5.41) is 3.22. The van der Waals surface area contributed by atoms with E-state index in [9.17, 15) is 14.0 Å². The summed E-state index contributed by atoms with van der Waals surface area (Å²) in [6.07, 6.45) is 2.28. The second-order valence-corrected chi connectivity index (χ2v) is 7.64. The molecule has 0 saturated carbocycles. The lowest BCUT2D eigenvalue weighted by Gasteiger charge is -2.33. The lowest BCUT2D eigenvalue weighted by Crippen LogP contribution is -2.51. The van der Waals surface area contributed by atoms with Gasteiger partial charge >= 0.3 is 0 Å². The number of carbonyl (C=O) groups excluding carboxylic acids is 2. The van der Waals surface area contributed by atoms with Crippen molar-refractivity contribution in [3.8, 4) is 0 Å². The third-order valence-electron chi connectivity index (χ3n) is 4.90. The largest absolute Gasteiger partial charge is 0.354 e. The normalized spacial score (nSPS) is 17.2. The van der Waals surface area contributed by atoms with E-state index >= 15 is 0 Å². The van der Waals surface area contributed by atoms with Crippen LogP contribution in [0.1, 0.15) is 32.3 Å². The van der Waals surface area contributed by atoms with Gasteiger partial charge in [0.1, 0.15) is 5.82 Å². The van der Waals surface area contributed by atoms with Crippen molar-refractivity contribution in [1.29, 1.82) is 0 Å². The first-order valence-corrected chi connectivity index (χ1v) is 8.80. The van der Waals surface area contributed by atoms with Crippen molar-refractivity contribution in [2.45, 2.75) is 38.1 Å². The Balaban J connectivity index is 1.93. The molecule has 2 rings (SSSR count). The van der Waals surface area contributed by atoms with Crippen molar-refractivity contribution in [2.75, 3.05) is 19.6 Å². The minimum atomic E-state index is -0.603. The maximum atomic E-state index is 13.2. The van der Waals surface area contributed by atoms with Crippen molar-refractivity contribution in [3.63, 3.8) is 0 Å². The van der Waals surface area contributed by atoms with Crippen LogP contribution in [0, 0.1) is 11.7 Å². The molecular weight excluding hydrogens is 345 g/mol. The Kier molecular flexibility index (Phi) is 6.41. The molecule has 1 heterocycles. The molecule has 0 aromatic heterocycles. The summed E-state index contributed by atoms with van der Waals surface area (Å²) in [5.41, 5.74) is 6.41. The van der Waals surface area contributed by atoms with Gasteiger partial charge in [0, 0.05) is 30.1 Å². The fourth-order valence-electron chi connectivity index (χ4n) is 3.16. The lowest BCUT2D eigenvalue weighted by atomic mass is 9.84. The van der Waals surface area contributed by atoms with E-state index < -0.39 is 17.3 Å². The molecule has 3 N–H and O–H groups in total. The number of likely N-dealkylation sites (tertiary alicyclic amines) is 1. The number of nitrogens with two attached hydrogens (primary N) is 1. The standard InChI is InChI=1S/C18H25ClFN3O2/c1-18(2,14-4-3-13(20)9-15(14)19)10-22-17(25)16(21)12-5-7-23(11-24)8-6-12/h3-4,9,11-12,16H,5-8,10,21H2,1-2H3,(H,22,25). The van der Waals surface area contributed by atoms with Crippen LogP contribution in [-0.4, -0.2) is 42.9 Å². The maximum absolute atomic E-state index is 13.2. The fourth-order valence-corrected chi connectivity index (χ4v) is 3.58. The second-order valence-electron chi connectivity index (χ2n) is 7.23. The van der Waals surface area contributed by atoms with Crippen LogP contribution in [0.5, 0.6) is 0 Å². The molecule has 0 bridgehead atoms. The molecule has 1 aliphatic heterocycles. The van der Waals surface area contributed by atoms with Gasteiger partial charge in [-0.25, -0.2) is 4.39 Å². The van der Waals surface area contributed by atoms with Gasteiger partial charge in [-0.2, -0.15) is 0 Å². The minimum absolute atomic E-state index is 0.0636. The number of amides is 2. The van der Waals surface area contributed by atoms with Crippen LogP contribution in [0.4, 0.5) is 4.39 Å². The number of piperidine rings is 1. The van der Waals surface area contributed by atoms with Gasteiger partial charge in [-0.1, -0.05) is 31.5 Å². The predicted molar refractivity (Wildman–Crippen MR) is 95.8 cm³/mol. The third kappa shape index (κ3) is 4.92. The first kappa shape index (κ1) is 19.7. The molecule has 2 amide bonds. The number of nitrogens with one attached hydrogen (secondary N) is 1. The maximum Gasteiger partial charge on any atom is 0.237 e. The average molecular weight is 370 g/mol. The Morgan fingerprint density at radius 1 is 1.48 bits per heavy atom. The summed E-state index contributed by atoms with van der Waals surface area (Å²) in [4.78, 5) is 24.8. The molecule has 25 heavy (non-hydrogen) atoms. The summed E-state index contributed by atoms with van der Waals surface area (Å²) in [6.45, 7) is 5.47. The van der Waals surface area contributed by atoms with Gasteiger partial charge in [0.05, 0.1) is 6.04 Å². The molecule has 1 saturated heterocycles. The highest BCUT2D eigenvalue weighted by atomic mass is 35.5. The number of hydrogen-bond donors (Lipinski definition) is 2. The quantitative estimate of drug-likeness (QED) is 0.754. The highest BCUT2D eigenvalue weighted by Crippen LogP contribution is 2.30. The molecular formula is C18H25ClFN3O2. The van der Waals surface area contributed by atoms with Gasteiger partial charge in [0.15, 0.2) is 0 Å². The Labute approximate surface area is 152 Å². The van der Waals surface area contributed by atoms with Gasteiger partial charge in [-0.15, -0.1) is 0 Å². The van der Waals surface area contributed by atoms with E-state index in [2.05, 4.69) is 5.32 Å². The highest BCUT2D eigenvalue weighted by Gasteiger charge is 2.30. The van der Waals surface area contributed by atoms with Crippen molar-refractivity contribution in [3.05, 3.63) is 34.6 Å². The van der Waals surface area contributed by atoms with E-state index in [1.54, 1.807) is 11.0 Å². The van der Waals surface area contributed by atoms with Gasteiger partial charge in [0.2, 0.25) is 12.3 Å². The number of halogens is 2. The molecule has 1 aromatic carbocycles. The molecule has 0 radical (unpaired) electrons. The van der Waals surface area contributed by atoms with E-state index in [1.165, 1.54) is 12.1 Å². The molecule has 138 valence electrons. The van der Waals surface area contributed by atoms with Gasteiger partial charge in [-0.05, 0) is 36.5 Å². The molecule has 1 atom stereocenters. The third-order valence-corrected chi connectivity index (χ3v) is 5.21. The van der Waals surface area contributed by atoms with E-state index in [1.807, 2.05) is 13.8 Å². The van der Waals surface area contributed by atoms with Crippen LogP contribution in [0.15, 0.2) is 18.2 Å². The number of carbonyl (C=O) groups is 2. The fraction of sp³-hybridized carbons (Fsp3) is 0.556. The zero-order valence-corrected chi connectivity index (χ0v) is 15.4. The molecule has 1 fully saturated rings. The van der Waals surface area contributed by atoms with Crippen molar-refractivity contribution in [2.24, 2.45) is 11.7 Å². The number of rotatable bonds is 6. The topological polar surface area (TPSA) is 75.4 Å². The van der Waals surface area contributed by atoms with E-state index in [-0.39, 0.29) is 11.8 Å². The van der Waals surface area contributed by atoms with Gasteiger partial charge in [-0.3, -0.25) is 9.59 Å². The van der Waals surface area contributed by atoms with Crippen LogP contribution in [-0.2, 0) is 15.0 Å². The van der Waals surface area contributed by atoms with Crippen LogP contribution < -0.4 is 11.1 Å². The molecule has 1 aromatic rings.